The van der Waals surface area contributed by atoms with Gasteiger partial charge in [-0.15, -0.1) is 13.2 Å². The first-order valence-corrected chi connectivity index (χ1v) is 18.8. The minimum atomic E-state index is -1.24. The van der Waals surface area contributed by atoms with Crippen LogP contribution in [0.1, 0.15) is 76.9 Å². The zero-order valence-corrected chi connectivity index (χ0v) is 31.2. The molecule has 1 aromatic rings. The molecule has 3 heterocycles. The zero-order valence-electron chi connectivity index (χ0n) is 29.6. The van der Waals surface area contributed by atoms with Gasteiger partial charge in [0.2, 0.25) is 17.7 Å². The van der Waals surface area contributed by atoms with Gasteiger partial charge in [0.15, 0.2) is 0 Å². The predicted molar refractivity (Wildman–Crippen MR) is 193 cm³/mol. The number of nitrogens with zero attached hydrogens (tertiary/aromatic N) is 2. The van der Waals surface area contributed by atoms with Crippen LogP contribution in [0.15, 0.2) is 55.6 Å². The van der Waals surface area contributed by atoms with Gasteiger partial charge < -0.3 is 34.4 Å². The summed E-state index contributed by atoms with van der Waals surface area (Å²) in [6.07, 6.45) is 6.29. The Morgan fingerprint density at radius 3 is 2.58 bits per heavy atom. The number of nitrogens with one attached hydrogen (secondary N) is 1. The van der Waals surface area contributed by atoms with Gasteiger partial charge in [-0.1, -0.05) is 71.8 Å². The van der Waals surface area contributed by atoms with Crippen molar-refractivity contribution in [2.75, 3.05) is 33.4 Å². The Balaban J connectivity index is 1.72. The lowest BCUT2D eigenvalue weighted by Gasteiger charge is -2.39. The van der Waals surface area contributed by atoms with E-state index in [9.17, 15) is 24.3 Å². The van der Waals surface area contributed by atoms with Crippen LogP contribution >= 0.6 is 15.9 Å². The van der Waals surface area contributed by atoms with Crippen molar-refractivity contribution >= 4 is 39.6 Å². The maximum atomic E-state index is 14.7. The molecular weight excluding hydrogens is 706 g/mol. The first-order chi connectivity index (χ1) is 24.1. The summed E-state index contributed by atoms with van der Waals surface area (Å²) in [5.74, 6) is -3.33. The van der Waals surface area contributed by atoms with E-state index in [1.807, 2.05) is 37.3 Å². The number of hydrogen-bond acceptors (Lipinski definition) is 8. The number of benzene rings is 1. The van der Waals surface area contributed by atoms with E-state index in [0.717, 1.165) is 12.8 Å². The van der Waals surface area contributed by atoms with E-state index < -0.39 is 47.7 Å². The molecule has 0 saturated carbocycles. The minimum absolute atomic E-state index is 0.0375. The average molecular weight is 761 g/mol. The Bertz CT molecular complexity index is 1350. The van der Waals surface area contributed by atoms with Gasteiger partial charge in [0.05, 0.1) is 30.6 Å². The molecule has 2 N–H and O–H groups in total. The van der Waals surface area contributed by atoms with Gasteiger partial charge in [0.25, 0.3) is 0 Å². The van der Waals surface area contributed by atoms with Crippen LogP contribution in [0.2, 0.25) is 0 Å². The molecule has 11 nitrogen and oxygen atoms in total. The molecule has 0 aromatic heterocycles. The third-order valence-corrected chi connectivity index (χ3v) is 11.0. The molecular formula is C38H54BrN3O8. The molecule has 4 rings (SSSR count). The van der Waals surface area contributed by atoms with E-state index in [4.69, 9.17) is 14.2 Å². The Hall–Kier alpha value is -3.06. The third kappa shape index (κ3) is 8.35. The summed E-state index contributed by atoms with van der Waals surface area (Å²) in [7, 11) is 1.51. The number of carbonyl (C=O) groups excluding carboxylic acids is 4. The molecule has 1 aromatic carbocycles. The Morgan fingerprint density at radius 2 is 1.94 bits per heavy atom. The molecule has 276 valence electrons. The summed E-state index contributed by atoms with van der Waals surface area (Å²) in [4.78, 5) is 59.7. The van der Waals surface area contributed by atoms with Crippen molar-refractivity contribution in [3.8, 4) is 0 Å². The van der Waals surface area contributed by atoms with Gasteiger partial charge in [0.1, 0.15) is 17.7 Å². The number of unbranched alkanes of at least 4 members (excludes halogenated alkanes) is 2. The number of fused-ring (bicyclic) bond motifs is 1. The fourth-order valence-electron chi connectivity index (χ4n) is 7.97. The Labute approximate surface area is 304 Å². The molecule has 2 bridgehead atoms. The number of ether oxygens (including phenoxy) is 3. The summed E-state index contributed by atoms with van der Waals surface area (Å²) < 4.78 is 18.5. The lowest BCUT2D eigenvalue weighted by atomic mass is 9.70. The maximum Gasteiger partial charge on any atom is 0.313 e. The van der Waals surface area contributed by atoms with Crippen molar-refractivity contribution in [3.05, 3.63) is 61.2 Å². The number of methoxy groups -OCH3 is 1. The number of carbonyl (C=O) groups is 4. The fourth-order valence-corrected chi connectivity index (χ4v) is 8.91. The van der Waals surface area contributed by atoms with Crippen molar-refractivity contribution in [1.29, 1.82) is 0 Å². The highest BCUT2D eigenvalue weighted by molar-refractivity contribution is 9.09. The number of rotatable bonds is 21. The summed E-state index contributed by atoms with van der Waals surface area (Å²) in [6.45, 7) is 12.4. The van der Waals surface area contributed by atoms with Crippen molar-refractivity contribution in [3.63, 3.8) is 0 Å². The van der Waals surface area contributed by atoms with E-state index in [2.05, 4.69) is 41.3 Å². The number of likely N-dealkylation sites (tertiary alicyclic amines) is 1. The van der Waals surface area contributed by atoms with Crippen LogP contribution in [0.3, 0.4) is 0 Å². The van der Waals surface area contributed by atoms with Gasteiger partial charge >= 0.3 is 5.97 Å². The minimum Gasteiger partial charge on any atom is -0.455 e. The molecule has 3 fully saturated rings. The number of halogens is 1. The molecule has 0 radical (unpaired) electrons. The van der Waals surface area contributed by atoms with Crippen LogP contribution in [0.4, 0.5) is 0 Å². The van der Waals surface area contributed by atoms with Crippen LogP contribution < -0.4 is 5.32 Å². The number of allylic oxidation sites excluding steroid dienone is 1. The van der Waals surface area contributed by atoms with Gasteiger partial charge in [-0.3, -0.25) is 19.2 Å². The topological polar surface area (TPSA) is 135 Å². The van der Waals surface area contributed by atoms with Crippen LogP contribution in [-0.2, 0) is 33.4 Å². The highest BCUT2D eigenvalue weighted by atomic mass is 79.9. The smallest absolute Gasteiger partial charge is 0.313 e. The predicted octanol–water partition coefficient (Wildman–Crippen LogP) is 4.48. The first kappa shape index (κ1) is 39.7. The van der Waals surface area contributed by atoms with Crippen LogP contribution in [0.5, 0.6) is 0 Å². The van der Waals surface area contributed by atoms with E-state index >= 15 is 0 Å². The molecule has 50 heavy (non-hydrogen) atoms. The van der Waals surface area contributed by atoms with Gasteiger partial charge in [-0.25, -0.2) is 0 Å². The highest BCUT2D eigenvalue weighted by Gasteiger charge is 2.77. The lowest BCUT2D eigenvalue weighted by molar-refractivity contribution is -0.163. The number of amides is 3. The fraction of sp³-hybridized carbons (Fsp3) is 0.632. The van der Waals surface area contributed by atoms with Gasteiger partial charge in [-0.05, 0) is 51.0 Å². The second kappa shape index (κ2) is 18.4. The molecule has 2 unspecified atom stereocenters. The van der Waals surface area contributed by atoms with Crippen LogP contribution in [-0.4, -0.2) is 107 Å². The second-order valence-electron chi connectivity index (χ2n) is 13.6. The number of aliphatic hydroxyl groups is 1. The molecule has 3 aliphatic heterocycles. The summed E-state index contributed by atoms with van der Waals surface area (Å²) in [5, 5.41) is 12.4. The first-order valence-electron chi connectivity index (χ1n) is 17.9. The van der Waals surface area contributed by atoms with Crippen molar-refractivity contribution in [2.24, 2.45) is 11.8 Å². The molecule has 1 spiro atoms. The normalized spacial score (nSPS) is 26.9. The number of esters is 1. The number of alkyl halides is 1. The monoisotopic (exact) mass is 759 g/mol. The van der Waals surface area contributed by atoms with E-state index in [0.29, 0.717) is 50.8 Å². The molecule has 12 heteroatoms. The molecule has 3 aliphatic rings. The summed E-state index contributed by atoms with van der Waals surface area (Å²) in [6, 6.07) is 7.37. The summed E-state index contributed by atoms with van der Waals surface area (Å²) >= 11 is 3.75. The van der Waals surface area contributed by atoms with E-state index in [-0.39, 0.29) is 48.2 Å². The lowest BCUT2D eigenvalue weighted by Crippen LogP contribution is -2.58. The molecule has 3 saturated heterocycles. The van der Waals surface area contributed by atoms with Crippen molar-refractivity contribution in [1.82, 2.24) is 15.1 Å². The molecule has 3 amide bonds. The largest absolute Gasteiger partial charge is 0.455 e. The number of aliphatic hydroxyl groups excluding tert-OH is 1. The third-order valence-electron chi connectivity index (χ3n) is 10.2. The van der Waals surface area contributed by atoms with E-state index in [1.54, 1.807) is 22.0 Å². The molecule has 0 aliphatic carbocycles. The standard InChI is InChI=1S/C38H54BrN3O8/c1-6-9-19-29(44)40-28(24-48-5)32(26-17-12-10-13-18-26)49-37(47)30-31-35(45)42(21-14-11-15-22-43)34(38(31)23-27(39)33(30)50-38)36(46)41(20-8-3)25(4)16-7-2/h6,8,10,12-13,17-18,25,27-28,30-34,43H,1,3,7,9,11,14-16,19-24H2,2,4-5H3,(H,40,44)/t25?,27?,28-,30-,31+,32-,33-,34-,38+/m0/s1. The van der Waals surface area contributed by atoms with Gasteiger partial charge in [0, 0.05) is 44.1 Å². The summed E-state index contributed by atoms with van der Waals surface area (Å²) in [5.41, 5.74) is -0.589. The van der Waals surface area contributed by atoms with Crippen LogP contribution in [0, 0.1) is 11.8 Å². The highest BCUT2D eigenvalue weighted by Crippen LogP contribution is 2.60. The molecule has 9 atom stereocenters. The van der Waals surface area contributed by atoms with E-state index in [1.165, 1.54) is 7.11 Å². The maximum absolute atomic E-state index is 14.7. The average Bonchev–Trinajstić information content (AvgIpc) is 3.70. The Morgan fingerprint density at radius 1 is 1.20 bits per heavy atom. The SMILES string of the molecule is C=CCCC(=O)N[C@@H](COC)[C@@H](OC(=O)[C@@H]1[C@H]2O[C@@]3(CC2Br)[C@H](C(=O)N(CC=C)C(C)CCC)N(CCCCCO)C(=O)[C@@H]13)c1ccccc1. The second-order valence-corrected chi connectivity index (χ2v) is 14.8. The van der Waals surface area contributed by atoms with Crippen molar-refractivity contribution in [2.45, 2.75) is 106 Å². The zero-order chi connectivity index (χ0) is 36.4. The van der Waals surface area contributed by atoms with Gasteiger partial charge in [-0.2, -0.15) is 0 Å². The quantitative estimate of drug-likeness (QED) is 0.0812. The Kier molecular flexibility index (Phi) is 14.6. The number of hydrogen-bond donors (Lipinski definition) is 2. The van der Waals surface area contributed by atoms with Crippen molar-refractivity contribution < 1.29 is 38.5 Å². The van der Waals surface area contributed by atoms with Crippen LogP contribution in [0.25, 0.3) is 0 Å².